The maximum absolute atomic E-state index is 12.1. The second kappa shape index (κ2) is 7.06. The average Bonchev–Trinajstić information content (AvgIpc) is 3.07. The van der Waals surface area contributed by atoms with Crippen molar-refractivity contribution in [3.8, 4) is 0 Å². The first-order valence-electron chi connectivity index (χ1n) is 8.35. The molecule has 0 aliphatic carbocycles. The second-order valence-corrected chi connectivity index (χ2v) is 6.50. The fourth-order valence-electron chi connectivity index (χ4n) is 2.81. The molecule has 8 heteroatoms. The van der Waals surface area contributed by atoms with Crippen LogP contribution in [0.5, 0.6) is 0 Å². The predicted molar refractivity (Wildman–Crippen MR) is 101 cm³/mol. The van der Waals surface area contributed by atoms with Gasteiger partial charge in [-0.1, -0.05) is 18.2 Å². The minimum atomic E-state index is -0.770. The minimum absolute atomic E-state index is 0.0577. The predicted octanol–water partition coefficient (Wildman–Crippen LogP) is 3.21. The molecule has 0 fully saturated rings. The molecule has 0 bridgehead atoms. The Morgan fingerprint density at radius 2 is 1.89 bits per heavy atom. The summed E-state index contributed by atoms with van der Waals surface area (Å²) in [6.07, 6.45) is -0.770. The number of hydrazone groups is 1. The van der Waals surface area contributed by atoms with Crippen LogP contribution in [0.15, 0.2) is 47.6 Å². The number of anilines is 1. The molecule has 0 saturated heterocycles. The van der Waals surface area contributed by atoms with Gasteiger partial charge in [0.05, 0.1) is 4.92 Å². The molecule has 2 aromatic rings. The van der Waals surface area contributed by atoms with E-state index in [1.165, 1.54) is 18.0 Å². The molecule has 0 N–H and O–H groups in total. The molecule has 0 aromatic heterocycles. The first-order chi connectivity index (χ1) is 12.8. The summed E-state index contributed by atoms with van der Waals surface area (Å²) in [4.78, 5) is 24.9. The summed E-state index contributed by atoms with van der Waals surface area (Å²) in [7, 11) is 3.86. The van der Waals surface area contributed by atoms with Crippen LogP contribution in [0, 0.1) is 17.0 Å². The quantitative estimate of drug-likeness (QED) is 0.611. The fraction of sp³-hybridized carbons (Fsp3) is 0.263. The van der Waals surface area contributed by atoms with E-state index >= 15 is 0 Å². The first-order valence-corrected chi connectivity index (χ1v) is 8.35. The molecule has 8 nitrogen and oxygen atoms in total. The van der Waals surface area contributed by atoms with E-state index < -0.39 is 11.2 Å². The first kappa shape index (κ1) is 18.4. The Balaban J connectivity index is 1.99. The number of carbonyl (C=O) groups is 1. The number of nitro benzene ring substituents is 1. The van der Waals surface area contributed by atoms with Gasteiger partial charge >= 0.3 is 0 Å². The molecule has 2 aromatic carbocycles. The van der Waals surface area contributed by atoms with E-state index in [0.717, 1.165) is 16.8 Å². The lowest BCUT2D eigenvalue weighted by atomic mass is 10.1. The zero-order valence-corrected chi connectivity index (χ0v) is 15.5. The van der Waals surface area contributed by atoms with E-state index in [1.54, 1.807) is 12.1 Å². The van der Waals surface area contributed by atoms with Crippen molar-refractivity contribution in [2.75, 3.05) is 19.0 Å². The van der Waals surface area contributed by atoms with Crippen molar-refractivity contribution in [3.63, 3.8) is 0 Å². The van der Waals surface area contributed by atoms with Crippen LogP contribution in [0.2, 0.25) is 0 Å². The molecular formula is C19H20N4O4. The number of hydrogen-bond acceptors (Lipinski definition) is 6. The molecule has 27 heavy (non-hydrogen) atoms. The Morgan fingerprint density at radius 3 is 2.44 bits per heavy atom. The number of nitrogens with zero attached hydrogens (tertiary/aromatic N) is 4. The highest BCUT2D eigenvalue weighted by Gasteiger charge is 2.35. The van der Waals surface area contributed by atoms with Crippen LogP contribution >= 0.6 is 0 Å². The third-order valence-corrected chi connectivity index (χ3v) is 4.24. The third-order valence-electron chi connectivity index (χ3n) is 4.24. The molecule has 1 atom stereocenters. The van der Waals surface area contributed by atoms with Crippen LogP contribution in [0.3, 0.4) is 0 Å². The summed E-state index contributed by atoms with van der Waals surface area (Å²) in [6, 6.07) is 12.2. The average molecular weight is 368 g/mol. The number of carbonyl (C=O) groups excluding carboxylic acids is 1. The summed E-state index contributed by atoms with van der Waals surface area (Å²) in [5.74, 6) is -0.260. The Hall–Kier alpha value is -3.42. The van der Waals surface area contributed by atoms with Crippen LogP contribution in [0.4, 0.5) is 11.4 Å². The molecule has 140 valence electrons. The second-order valence-electron chi connectivity index (χ2n) is 6.50. The Kier molecular flexibility index (Phi) is 4.81. The van der Waals surface area contributed by atoms with Crippen LogP contribution in [0.1, 0.15) is 29.8 Å². The van der Waals surface area contributed by atoms with Crippen LogP contribution in [0.25, 0.3) is 0 Å². The lowest BCUT2D eigenvalue weighted by Crippen LogP contribution is -2.25. The molecule has 1 aliphatic heterocycles. The molecule has 0 saturated carbocycles. The van der Waals surface area contributed by atoms with Gasteiger partial charge in [0, 0.05) is 38.3 Å². The summed E-state index contributed by atoms with van der Waals surface area (Å²) in [6.45, 7) is 3.20. The van der Waals surface area contributed by atoms with Crippen molar-refractivity contribution in [1.29, 1.82) is 0 Å². The lowest BCUT2D eigenvalue weighted by Gasteiger charge is -2.20. The normalized spacial score (nSPS) is 15.9. The molecular weight excluding hydrogens is 348 g/mol. The van der Waals surface area contributed by atoms with E-state index in [1.807, 2.05) is 50.2 Å². The smallest absolute Gasteiger partial charge is 0.282 e. The maximum Gasteiger partial charge on any atom is 0.282 e. The molecule has 0 radical (unpaired) electrons. The Morgan fingerprint density at radius 1 is 1.22 bits per heavy atom. The van der Waals surface area contributed by atoms with Gasteiger partial charge < -0.3 is 9.64 Å². The summed E-state index contributed by atoms with van der Waals surface area (Å²) < 4.78 is 5.89. The largest absolute Gasteiger partial charge is 0.445 e. The molecule has 1 heterocycles. The number of aryl methyl sites for hydroxylation is 1. The van der Waals surface area contributed by atoms with Crippen molar-refractivity contribution in [1.82, 2.24) is 5.01 Å². The molecule has 1 amide bonds. The Labute approximate surface area is 156 Å². The minimum Gasteiger partial charge on any atom is -0.445 e. The monoisotopic (exact) mass is 368 g/mol. The topological polar surface area (TPSA) is 88.3 Å². The zero-order chi connectivity index (χ0) is 19.7. The van der Waals surface area contributed by atoms with E-state index in [2.05, 4.69) is 5.10 Å². The molecule has 0 unspecified atom stereocenters. The molecule has 1 aliphatic rings. The highest BCUT2D eigenvalue weighted by atomic mass is 16.6. The standard InChI is InChI=1S/C19H20N4O4/c1-12-5-10-17(23(25)26)16(11-12)18-20-22(13(2)24)19(27-18)14-6-8-15(9-7-14)21(3)4/h5-11,19H,1-4H3/t19-/m0/s1. The van der Waals surface area contributed by atoms with Gasteiger partial charge in [-0.05, 0) is 30.7 Å². The van der Waals surface area contributed by atoms with Crippen LogP contribution in [-0.4, -0.2) is 35.8 Å². The molecule has 3 rings (SSSR count). The highest BCUT2D eigenvalue weighted by molar-refractivity contribution is 6.00. The summed E-state index contributed by atoms with van der Waals surface area (Å²) in [5, 5.41) is 16.8. The van der Waals surface area contributed by atoms with E-state index in [4.69, 9.17) is 4.74 Å². The van der Waals surface area contributed by atoms with Crippen LogP contribution < -0.4 is 4.90 Å². The van der Waals surface area contributed by atoms with Gasteiger partial charge in [-0.2, -0.15) is 5.01 Å². The third kappa shape index (κ3) is 3.59. The van der Waals surface area contributed by atoms with Crippen molar-refractivity contribution in [2.45, 2.75) is 20.1 Å². The highest BCUT2D eigenvalue weighted by Crippen LogP contribution is 2.33. The van der Waals surface area contributed by atoms with E-state index in [-0.39, 0.29) is 23.1 Å². The number of ether oxygens (including phenoxy) is 1. The van der Waals surface area contributed by atoms with Crippen molar-refractivity contribution < 1.29 is 14.5 Å². The Bertz CT molecular complexity index is 922. The SMILES string of the molecule is CC(=O)N1N=C(c2cc(C)ccc2[N+](=O)[O-])O[C@H]1c1ccc(N(C)C)cc1. The summed E-state index contributed by atoms with van der Waals surface area (Å²) in [5.41, 5.74) is 2.69. The van der Waals surface area contributed by atoms with Gasteiger partial charge in [0.25, 0.3) is 5.69 Å². The van der Waals surface area contributed by atoms with Crippen molar-refractivity contribution in [3.05, 3.63) is 69.3 Å². The van der Waals surface area contributed by atoms with Gasteiger partial charge in [0.15, 0.2) is 0 Å². The lowest BCUT2D eigenvalue weighted by molar-refractivity contribution is -0.385. The van der Waals surface area contributed by atoms with Gasteiger partial charge in [0.1, 0.15) is 5.56 Å². The van der Waals surface area contributed by atoms with Crippen molar-refractivity contribution in [2.24, 2.45) is 5.10 Å². The van der Waals surface area contributed by atoms with Crippen molar-refractivity contribution >= 4 is 23.2 Å². The number of nitro groups is 1. The number of benzene rings is 2. The van der Waals surface area contributed by atoms with E-state index in [9.17, 15) is 14.9 Å². The zero-order valence-electron chi connectivity index (χ0n) is 15.5. The number of rotatable bonds is 4. The van der Waals surface area contributed by atoms with Gasteiger partial charge in [-0.3, -0.25) is 14.9 Å². The van der Waals surface area contributed by atoms with Crippen LogP contribution in [-0.2, 0) is 9.53 Å². The van der Waals surface area contributed by atoms with Gasteiger partial charge in [0.2, 0.25) is 18.0 Å². The molecule has 0 spiro atoms. The number of amides is 1. The van der Waals surface area contributed by atoms with E-state index in [0.29, 0.717) is 0 Å². The van der Waals surface area contributed by atoms with Gasteiger partial charge in [-0.15, -0.1) is 5.10 Å². The maximum atomic E-state index is 12.1. The van der Waals surface area contributed by atoms with Gasteiger partial charge in [-0.25, -0.2) is 0 Å². The number of hydrogen-bond donors (Lipinski definition) is 0. The fourth-order valence-corrected chi connectivity index (χ4v) is 2.81. The summed E-state index contributed by atoms with van der Waals surface area (Å²) >= 11 is 0.